The van der Waals surface area contributed by atoms with Gasteiger partial charge in [-0.2, -0.15) is 0 Å². The number of urea groups is 1. The van der Waals surface area contributed by atoms with Crippen LogP contribution in [0.5, 0.6) is 0 Å². The molecule has 1 N–H and O–H groups in total. The smallest absolute Gasteiger partial charge is 0.329 e. The fourth-order valence-electron chi connectivity index (χ4n) is 2.60. The molecule has 7 heteroatoms. The molecule has 7 nitrogen and oxygen atoms in total. The van der Waals surface area contributed by atoms with Crippen molar-refractivity contribution >= 4 is 12.0 Å². The minimum Gasteiger partial charge on any atom is -0.480 e. The number of morpholine rings is 1. The Hall–Kier alpha value is -1.34. The fourth-order valence-corrected chi connectivity index (χ4v) is 2.60. The van der Waals surface area contributed by atoms with Crippen molar-refractivity contribution in [3.8, 4) is 0 Å². The Morgan fingerprint density at radius 2 is 1.85 bits per heavy atom. The Labute approximate surface area is 118 Å². The van der Waals surface area contributed by atoms with Gasteiger partial charge >= 0.3 is 12.0 Å². The third kappa shape index (κ3) is 3.40. The van der Waals surface area contributed by atoms with Crippen molar-refractivity contribution in [2.45, 2.75) is 32.0 Å². The second-order valence-corrected chi connectivity index (χ2v) is 6.30. The van der Waals surface area contributed by atoms with Crippen LogP contribution < -0.4 is 0 Å². The molecular weight excluding hydrogens is 264 g/mol. The van der Waals surface area contributed by atoms with Crippen molar-refractivity contribution < 1.29 is 24.2 Å². The van der Waals surface area contributed by atoms with E-state index in [1.165, 1.54) is 0 Å². The maximum atomic E-state index is 12.3. The molecule has 20 heavy (non-hydrogen) atoms. The van der Waals surface area contributed by atoms with Crippen LogP contribution in [0, 0.1) is 0 Å². The van der Waals surface area contributed by atoms with Crippen molar-refractivity contribution in [3.05, 3.63) is 0 Å². The Kier molecular flexibility index (Phi) is 3.93. The van der Waals surface area contributed by atoms with E-state index >= 15 is 0 Å². The van der Waals surface area contributed by atoms with Gasteiger partial charge in [-0.3, -0.25) is 0 Å². The molecule has 0 aromatic rings. The Balaban J connectivity index is 1.83. The van der Waals surface area contributed by atoms with Gasteiger partial charge in [0.15, 0.2) is 0 Å². The van der Waals surface area contributed by atoms with Gasteiger partial charge in [0.1, 0.15) is 12.2 Å². The highest BCUT2D eigenvalue weighted by molar-refractivity contribution is 5.76. The first-order valence-electron chi connectivity index (χ1n) is 6.74. The van der Waals surface area contributed by atoms with Crippen LogP contribution in [0.2, 0.25) is 0 Å². The lowest BCUT2D eigenvalue weighted by Gasteiger charge is -2.50. The molecule has 0 aromatic heterocycles. The minimum atomic E-state index is -0.995. The van der Waals surface area contributed by atoms with Crippen molar-refractivity contribution in [2.75, 3.05) is 39.4 Å². The predicted octanol–water partition coefficient (Wildman–Crippen LogP) is 0.393. The molecule has 0 unspecified atom stereocenters. The summed E-state index contributed by atoms with van der Waals surface area (Å²) < 4.78 is 10.9. The van der Waals surface area contributed by atoms with Gasteiger partial charge in [-0.05, 0) is 20.8 Å². The maximum absolute atomic E-state index is 12.3. The monoisotopic (exact) mass is 286 g/mol. The van der Waals surface area contributed by atoms with Gasteiger partial charge < -0.3 is 24.4 Å². The van der Waals surface area contributed by atoms with Gasteiger partial charge in [-0.25, -0.2) is 9.59 Å². The van der Waals surface area contributed by atoms with Crippen LogP contribution in [-0.2, 0) is 14.3 Å². The molecule has 2 heterocycles. The quantitative estimate of drug-likeness (QED) is 0.812. The summed E-state index contributed by atoms with van der Waals surface area (Å²) in [4.78, 5) is 26.3. The number of amides is 2. The Morgan fingerprint density at radius 1 is 1.20 bits per heavy atom. The number of rotatable bonds is 3. The number of carbonyl (C=O) groups is 2. The molecule has 2 fully saturated rings. The molecule has 2 saturated heterocycles. The van der Waals surface area contributed by atoms with Crippen LogP contribution in [0.3, 0.4) is 0 Å². The van der Waals surface area contributed by atoms with Crippen LogP contribution in [0.1, 0.15) is 20.8 Å². The third-order valence-electron chi connectivity index (χ3n) is 3.56. The first-order valence-corrected chi connectivity index (χ1v) is 6.74. The molecule has 0 aromatic carbocycles. The largest absolute Gasteiger partial charge is 0.480 e. The summed E-state index contributed by atoms with van der Waals surface area (Å²) in [6.45, 7) is 7.96. The van der Waals surface area contributed by atoms with E-state index in [9.17, 15) is 9.59 Å². The first kappa shape index (κ1) is 15.1. The lowest BCUT2D eigenvalue weighted by atomic mass is 9.96. The van der Waals surface area contributed by atoms with Crippen LogP contribution in [0.15, 0.2) is 0 Å². The molecule has 0 radical (unpaired) electrons. The normalized spacial score (nSPS) is 24.1. The fraction of sp³-hybridized carbons (Fsp3) is 0.846. The van der Waals surface area contributed by atoms with Crippen LogP contribution in [-0.4, -0.2) is 77.5 Å². The molecule has 0 atom stereocenters. The van der Waals surface area contributed by atoms with Crippen LogP contribution in [0.25, 0.3) is 0 Å². The molecule has 2 rings (SSSR count). The zero-order valence-corrected chi connectivity index (χ0v) is 12.2. The summed E-state index contributed by atoms with van der Waals surface area (Å²) in [6.07, 6.45) is 0. The topological polar surface area (TPSA) is 79.3 Å². The number of likely N-dealkylation sites (tertiary alicyclic amines) is 1. The van der Waals surface area contributed by atoms with E-state index in [-0.39, 0.29) is 18.2 Å². The number of hydrogen-bond acceptors (Lipinski definition) is 4. The van der Waals surface area contributed by atoms with Gasteiger partial charge in [0.05, 0.1) is 31.8 Å². The SMILES string of the molecule is CC1(C)CN(C(=O)N2CC(C)(OCC(=O)O)C2)CCO1. The molecule has 0 saturated carbocycles. The van der Waals surface area contributed by atoms with Gasteiger partial charge in [0.2, 0.25) is 0 Å². The number of nitrogens with zero attached hydrogens (tertiary/aromatic N) is 2. The van der Waals surface area contributed by atoms with E-state index in [4.69, 9.17) is 14.6 Å². The average molecular weight is 286 g/mol. The Morgan fingerprint density at radius 3 is 2.40 bits per heavy atom. The lowest BCUT2D eigenvalue weighted by molar-refractivity contribution is -0.161. The molecular formula is C13H22N2O5. The predicted molar refractivity (Wildman–Crippen MR) is 70.6 cm³/mol. The maximum Gasteiger partial charge on any atom is 0.329 e. The zero-order chi connectivity index (χ0) is 15.0. The van der Waals surface area contributed by atoms with Gasteiger partial charge in [-0.1, -0.05) is 0 Å². The summed E-state index contributed by atoms with van der Waals surface area (Å²) in [6, 6.07) is -0.0298. The number of ether oxygens (including phenoxy) is 2. The van der Waals surface area contributed by atoms with E-state index < -0.39 is 11.6 Å². The van der Waals surface area contributed by atoms with Gasteiger partial charge in [0.25, 0.3) is 0 Å². The van der Waals surface area contributed by atoms with E-state index in [1.54, 1.807) is 9.80 Å². The number of aliphatic carboxylic acids is 1. The summed E-state index contributed by atoms with van der Waals surface area (Å²) in [7, 11) is 0. The average Bonchev–Trinajstić information content (AvgIpc) is 2.31. The highest BCUT2D eigenvalue weighted by atomic mass is 16.5. The molecule has 2 aliphatic rings. The molecule has 0 bridgehead atoms. The summed E-state index contributed by atoms with van der Waals surface area (Å²) in [5.41, 5.74) is -0.863. The van der Waals surface area contributed by atoms with Crippen molar-refractivity contribution in [2.24, 2.45) is 0 Å². The van der Waals surface area contributed by atoms with Crippen LogP contribution >= 0.6 is 0 Å². The third-order valence-corrected chi connectivity index (χ3v) is 3.56. The molecule has 2 aliphatic heterocycles. The van der Waals surface area contributed by atoms with Crippen LogP contribution in [0.4, 0.5) is 4.79 Å². The molecule has 0 aliphatic carbocycles. The molecule has 114 valence electrons. The Bertz CT molecular complexity index is 404. The van der Waals surface area contributed by atoms with Crippen molar-refractivity contribution in [3.63, 3.8) is 0 Å². The van der Waals surface area contributed by atoms with E-state index in [2.05, 4.69) is 0 Å². The highest BCUT2D eigenvalue weighted by Gasteiger charge is 2.45. The standard InChI is InChI=1S/C13H22N2O5/c1-12(2)7-14(4-5-19-12)11(18)15-8-13(3,9-15)20-6-10(16)17/h4-9H2,1-3H3,(H,16,17). The summed E-state index contributed by atoms with van der Waals surface area (Å²) >= 11 is 0. The number of carboxylic acid groups (broad SMARTS) is 1. The van der Waals surface area contributed by atoms with Gasteiger partial charge in [-0.15, -0.1) is 0 Å². The molecule has 0 spiro atoms. The number of carboxylic acids is 1. The van der Waals surface area contributed by atoms with Crippen molar-refractivity contribution in [1.29, 1.82) is 0 Å². The molecule has 2 amide bonds. The highest BCUT2D eigenvalue weighted by Crippen LogP contribution is 2.27. The lowest BCUT2D eigenvalue weighted by Crippen LogP contribution is -2.67. The second-order valence-electron chi connectivity index (χ2n) is 6.30. The van der Waals surface area contributed by atoms with E-state index in [0.29, 0.717) is 32.8 Å². The van der Waals surface area contributed by atoms with E-state index in [1.807, 2.05) is 20.8 Å². The number of carbonyl (C=O) groups excluding carboxylic acids is 1. The van der Waals surface area contributed by atoms with Gasteiger partial charge in [0, 0.05) is 6.54 Å². The first-order chi connectivity index (χ1) is 9.21. The zero-order valence-electron chi connectivity index (χ0n) is 12.2. The second kappa shape index (κ2) is 5.21. The van der Waals surface area contributed by atoms with E-state index in [0.717, 1.165) is 0 Å². The minimum absolute atomic E-state index is 0.0298. The van der Waals surface area contributed by atoms with Crippen molar-refractivity contribution in [1.82, 2.24) is 9.80 Å². The number of hydrogen-bond donors (Lipinski definition) is 1. The summed E-state index contributed by atoms with van der Waals surface area (Å²) in [5, 5.41) is 8.61. The summed E-state index contributed by atoms with van der Waals surface area (Å²) in [5.74, 6) is -0.995.